The van der Waals surface area contributed by atoms with Crippen molar-refractivity contribution in [2.24, 2.45) is 0 Å². The number of fused-ring (bicyclic) bond motifs is 3. The van der Waals surface area contributed by atoms with Gasteiger partial charge in [-0.1, -0.05) is 0 Å². The van der Waals surface area contributed by atoms with E-state index in [1.54, 1.807) is 41.7 Å². The lowest BCUT2D eigenvalue weighted by atomic mass is 10.0. The maximum atomic E-state index is 13.9. The third-order valence-electron chi connectivity index (χ3n) is 6.53. The van der Waals surface area contributed by atoms with Gasteiger partial charge in [-0.3, -0.25) is 4.79 Å². The van der Waals surface area contributed by atoms with Gasteiger partial charge >= 0.3 is 12.1 Å². The highest BCUT2D eigenvalue weighted by Gasteiger charge is 2.43. The summed E-state index contributed by atoms with van der Waals surface area (Å²) in [4.78, 5) is 43.6. The Balaban J connectivity index is 1.76. The van der Waals surface area contributed by atoms with Crippen LogP contribution < -0.4 is 5.56 Å². The normalized spacial score (nSPS) is 14.9. The van der Waals surface area contributed by atoms with Crippen LogP contribution in [0.2, 0.25) is 0 Å². The molecule has 2 heterocycles. The molecule has 0 bridgehead atoms. The third kappa shape index (κ3) is 5.08. The van der Waals surface area contributed by atoms with E-state index < -0.39 is 38.8 Å². The van der Waals surface area contributed by atoms with Crippen molar-refractivity contribution in [2.45, 2.75) is 69.5 Å². The van der Waals surface area contributed by atoms with Crippen LogP contribution in [0.4, 0.5) is 4.79 Å². The summed E-state index contributed by atoms with van der Waals surface area (Å²) in [6.07, 6.45) is 2.04. The Kier molecular flexibility index (Phi) is 6.40. The Morgan fingerprint density at radius 2 is 1.81 bits per heavy atom. The number of carboxylic acids is 1. The summed E-state index contributed by atoms with van der Waals surface area (Å²) in [5.41, 5.74) is -1.85. The van der Waals surface area contributed by atoms with Crippen LogP contribution in [0.15, 0.2) is 34.1 Å². The molecule has 200 valence electrons. The number of hydrogen-bond donors (Lipinski definition) is 3. The van der Waals surface area contributed by atoms with Gasteiger partial charge in [-0.25, -0.2) is 18.0 Å². The number of nitrogens with zero attached hydrogens (tertiary/aromatic N) is 2. The van der Waals surface area contributed by atoms with E-state index in [0.29, 0.717) is 23.7 Å². The highest BCUT2D eigenvalue weighted by molar-refractivity contribution is 7.89. The summed E-state index contributed by atoms with van der Waals surface area (Å²) in [6, 6.07) is 4.03. The van der Waals surface area contributed by atoms with Crippen LogP contribution in [0.3, 0.4) is 0 Å². The molecular weight excluding hydrogens is 500 g/mol. The lowest BCUT2D eigenvalue weighted by Gasteiger charge is -2.39. The van der Waals surface area contributed by atoms with Gasteiger partial charge in [0.25, 0.3) is 5.56 Å². The van der Waals surface area contributed by atoms with Crippen molar-refractivity contribution in [3.63, 3.8) is 0 Å². The summed E-state index contributed by atoms with van der Waals surface area (Å²) in [5, 5.41) is 10.1. The minimum absolute atomic E-state index is 0.0271. The molecule has 1 fully saturated rings. The zero-order valence-corrected chi connectivity index (χ0v) is 22.5. The maximum Gasteiger partial charge on any atom is 0.410 e. The fourth-order valence-corrected chi connectivity index (χ4v) is 6.08. The summed E-state index contributed by atoms with van der Waals surface area (Å²) in [5.74, 6) is -1.24. The molecule has 0 unspecified atom stereocenters. The van der Waals surface area contributed by atoms with Crippen LogP contribution in [0.25, 0.3) is 21.8 Å². The predicted molar refractivity (Wildman–Crippen MR) is 138 cm³/mol. The molecule has 1 aromatic carbocycles. The van der Waals surface area contributed by atoms with E-state index in [4.69, 9.17) is 4.74 Å². The van der Waals surface area contributed by atoms with Gasteiger partial charge in [0.15, 0.2) is 0 Å². The van der Waals surface area contributed by atoms with Gasteiger partial charge in [-0.2, -0.15) is 4.31 Å². The largest absolute Gasteiger partial charge is 0.478 e. The molecule has 3 aromatic rings. The topological polar surface area (TPSA) is 153 Å². The number of H-pyrrole nitrogens is 2. The SMILES string of the molecule is CN(C(=O)OC(C)(C)C)C(C)(C)CN(C1CC1)S(=O)(=O)c1ccc2[nH]c(=O)c3[nH]cc(C(=O)O)c3c2c1. The quantitative estimate of drug-likeness (QED) is 0.421. The van der Waals surface area contributed by atoms with Gasteiger partial charge in [0.2, 0.25) is 10.0 Å². The Morgan fingerprint density at radius 1 is 1.16 bits per heavy atom. The fourth-order valence-electron chi connectivity index (χ4n) is 4.21. The molecule has 0 aliphatic heterocycles. The summed E-state index contributed by atoms with van der Waals surface area (Å²) in [6.45, 7) is 8.86. The molecule has 1 amide bonds. The monoisotopic (exact) mass is 532 g/mol. The van der Waals surface area contributed by atoms with Crippen molar-refractivity contribution >= 4 is 43.9 Å². The van der Waals surface area contributed by atoms with Crippen molar-refractivity contribution in [3.8, 4) is 0 Å². The van der Waals surface area contributed by atoms with Crippen LogP contribution in [0.5, 0.6) is 0 Å². The van der Waals surface area contributed by atoms with Gasteiger partial charge < -0.3 is 24.7 Å². The van der Waals surface area contributed by atoms with Gasteiger partial charge in [0, 0.05) is 42.1 Å². The van der Waals surface area contributed by atoms with Crippen molar-refractivity contribution in [2.75, 3.05) is 13.6 Å². The first-order valence-electron chi connectivity index (χ1n) is 11.9. The van der Waals surface area contributed by atoms with E-state index in [0.717, 1.165) is 0 Å². The minimum Gasteiger partial charge on any atom is -0.478 e. The molecule has 12 heteroatoms. The third-order valence-corrected chi connectivity index (χ3v) is 8.42. The number of sulfonamides is 1. The Morgan fingerprint density at radius 3 is 2.38 bits per heavy atom. The molecule has 1 aliphatic rings. The minimum atomic E-state index is -4.05. The Bertz CT molecular complexity index is 1560. The summed E-state index contributed by atoms with van der Waals surface area (Å²) < 4.78 is 34.7. The van der Waals surface area contributed by atoms with Crippen LogP contribution >= 0.6 is 0 Å². The first-order valence-corrected chi connectivity index (χ1v) is 13.4. The second kappa shape index (κ2) is 8.88. The first kappa shape index (κ1) is 26.7. The molecule has 11 nitrogen and oxygen atoms in total. The number of aromatic nitrogens is 2. The molecule has 37 heavy (non-hydrogen) atoms. The predicted octanol–water partition coefficient (Wildman–Crippen LogP) is 3.51. The number of ether oxygens (including phenoxy) is 1. The number of carboxylic acid groups (broad SMARTS) is 1. The molecule has 0 saturated heterocycles. The molecular formula is C25H32N4O7S. The fraction of sp³-hybridized carbons (Fsp3) is 0.480. The molecule has 0 radical (unpaired) electrons. The number of carbonyl (C=O) groups excluding carboxylic acids is 1. The molecule has 1 saturated carbocycles. The Labute approximate surface area is 214 Å². The van der Waals surface area contributed by atoms with Gasteiger partial charge in [-0.05, 0) is 65.7 Å². The average molecular weight is 533 g/mol. The zero-order chi connectivity index (χ0) is 27.5. The van der Waals surface area contributed by atoms with E-state index >= 15 is 0 Å². The lowest BCUT2D eigenvalue weighted by Crippen LogP contribution is -2.54. The smallest absolute Gasteiger partial charge is 0.410 e. The molecule has 0 atom stereocenters. The number of carbonyl (C=O) groups is 2. The van der Waals surface area contributed by atoms with E-state index in [1.807, 2.05) is 0 Å². The highest BCUT2D eigenvalue weighted by atomic mass is 32.2. The number of aromatic amines is 2. The number of rotatable bonds is 7. The molecule has 0 spiro atoms. The van der Waals surface area contributed by atoms with Crippen molar-refractivity contribution < 1.29 is 27.9 Å². The van der Waals surface area contributed by atoms with Gasteiger partial charge in [0.05, 0.1) is 16.0 Å². The molecule has 4 rings (SSSR count). The van der Waals surface area contributed by atoms with Crippen LogP contribution in [-0.2, 0) is 14.8 Å². The van der Waals surface area contributed by atoms with Crippen LogP contribution in [-0.4, -0.2) is 75.5 Å². The van der Waals surface area contributed by atoms with E-state index in [9.17, 15) is 27.9 Å². The number of amides is 1. The number of aromatic carboxylic acids is 1. The van der Waals surface area contributed by atoms with Crippen LogP contribution in [0.1, 0.15) is 57.8 Å². The Hall–Kier alpha value is -3.38. The maximum absolute atomic E-state index is 13.9. The van der Waals surface area contributed by atoms with Crippen molar-refractivity contribution in [1.82, 2.24) is 19.2 Å². The van der Waals surface area contributed by atoms with Crippen LogP contribution in [0, 0.1) is 0 Å². The van der Waals surface area contributed by atoms with E-state index in [-0.39, 0.29) is 33.9 Å². The standard InChI is InChI=1S/C25H32N4O7S/c1-24(2,3)36-23(33)28(6)25(4,5)13-29(14-7-8-14)37(34,35)15-9-10-18-16(11-15)19-17(22(31)32)12-26-20(19)21(30)27-18/h9-12,14,26H,7-8,13H2,1-6H3,(H,27,30)(H,31,32). The zero-order valence-electron chi connectivity index (χ0n) is 21.7. The number of pyridine rings is 1. The molecule has 3 N–H and O–H groups in total. The second-order valence-electron chi connectivity index (χ2n) is 11.1. The number of nitrogens with one attached hydrogen (secondary N) is 2. The number of hydrogen-bond acceptors (Lipinski definition) is 6. The van der Waals surface area contributed by atoms with Crippen molar-refractivity contribution in [3.05, 3.63) is 40.3 Å². The van der Waals surface area contributed by atoms with Gasteiger partial charge in [-0.15, -0.1) is 0 Å². The second-order valence-corrected chi connectivity index (χ2v) is 12.9. The number of benzene rings is 1. The summed E-state index contributed by atoms with van der Waals surface area (Å²) >= 11 is 0. The summed E-state index contributed by atoms with van der Waals surface area (Å²) in [7, 11) is -2.47. The molecule has 2 aromatic heterocycles. The first-order chi connectivity index (χ1) is 17.0. The van der Waals surface area contributed by atoms with E-state index in [2.05, 4.69) is 9.97 Å². The van der Waals surface area contributed by atoms with Gasteiger partial charge in [0.1, 0.15) is 11.1 Å². The lowest BCUT2D eigenvalue weighted by molar-refractivity contribution is 0.00806. The highest BCUT2D eigenvalue weighted by Crippen LogP contribution is 2.36. The van der Waals surface area contributed by atoms with Crippen molar-refractivity contribution in [1.29, 1.82) is 0 Å². The average Bonchev–Trinajstić information content (AvgIpc) is 3.51. The number of likely N-dealkylation sites (N-methyl/N-ethyl adjacent to an activating group) is 1. The molecule has 1 aliphatic carbocycles. The van der Waals surface area contributed by atoms with E-state index in [1.165, 1.54) is 33.6 Å².